The van der Waals surface area contributed by atoms with Crippen LogP contribution < -0.4 is 0 Å². The molecule has 2 aliphatic carbocycles. The highest BCUT2D eigenvalue weighted by Gasteiger charge is 2.37. The molecule has 0 bridgehead atoms. The van der Waals surface area contributed by atoms with Gasteiger partial charge in [-0.2, -0.15) is 0 Å². The highest BCUT2D eigenvalue weighted by molar-refractivity contribution is 5.86. The van der Waals surface area contributed by atoms with Crippen molar-refractivity contribution >= 4 is 5.97 Å². The van der Waals surface area contributed by atoms with Gasteiger partial charge >= 0.3 is 5.97 Å². The predicted octanol–water partition coefficient (Wildman–Crippen LogP) is 2.76. The number of aromatic nitrogens is 1. The Kier molecular flexibility index (Phi) is 2.06. The Morgan fingerprint density at radius 3 is 2.62 bits per heavy atom. The molecule has 1 N–H and O–H groups in total. The molecule has 0 amide bonds. The first-order valence-corrected chi connectivity index (χ1v) is 5.90. The molecule has 1 unspecified atom stereocenters. The number of aromatic carboxylic acids is 1. The minimum absolute atomic E-state index is 0.0741. The summed E-state index contributed by atoms with van der Waals surface area (Å²) in [4.78, 5) is 15.4. The number of carbonyl (C=O) groups is 1. The summed E-state index contributed by atoms with van der Waals surface area (Å²) in [5, 5.41) is 9.06. The lowest BCUT2D eigenvalue weighted by Crippen LogP contribution is -1.98. The van der Waals surface area contributed by atoms with E-state index in [0.29, 0.717) is 23.4 Å². The van der Waals surface area contributed by atoms with Gasteiger partial charge < -0.3 is 9.52 Å². The molecule has 4 nitrogen and oxygen atoms in total. The number of hydrogen-bond donors (Lipinski definition) is 1. The zero-order valence-corrected chi connectivity index (χ0v) is 9.27. The molecule has 1 heterocycles. The summed E-state index contributed by atoms with van der Waals surface area (Å²) in [6.45, 7) is 2.08. The number of carboxylic acids is 1. The third-order valence-corrected chi connectivity index (χ3v) is 3.55. The van der Waals surface area contributed by atoms with Crippen LogP contribution in [0.15, 0.2) is 4.42 Å². The summed E-state index contributed by atoms with van der Waals surface area (Å²) < 4.78 is 5.43. The van der Waals surface area contributed by atoms with Crippen LogP contribution in [0.3, 0.4) is 0 Å². The van der Waals surface area contributed by atoms with E-state index in [1.54, 1.807) is 0 Å². The van der Waals surface area contributed by atoms with Gasteiger partial charge in [0.2, 0.25) is 5.76 Å². The lowest BCUT2D eigenvalue weighted by Gasteiger charge is -2.02. The molecule has 0 aromatic carbocycles. The fourth-order valence-corrected chi connectivity index (χ4v) is 2.13. The van der Waals surface area contributed by atoms with Gasteiger partial charge in [-0.3, -0.25) is 0 Å². The highest BCUT2D eigenvalue weighted by Crippen LogP contribution is 2.45. The Morgan fingerprint density at radius 2 is 2.12 bits per heavy atom. The molecule has 2 saturated carbocycles. The van der Waals surface area contributed by atoms with Gasteiger partial charge in [0.25, 0.3) is 0 Å². The number of rotatable bonds is 4. The number of oxazole rings is 1. The van der Waals surface area contributed by atoms with Crippen molar-refractivity contribution in [3.05, 3.63) is 17.3 Å². The first-order valence-electron chi connectivity index (χ1n) is 5.90. The van der Waals surface area contributed by atoms with Crippen LogP contribution in [-0.4, -0.2) is 16.1 Å². The van der Waals surface area contributed by atoms with Crippen molar-refractivity contribution < 1.29 is 14.3 Å². The molecular formula is C12H15NO3. The molecule has 1 aromatic rings. The van der Waals surface area contributed by atoms with E-state index >= 15 is 0 Å². The number of hydrogen-bond acceptors (Lipinski definition) is 3. The van der Waals surface area contributed by atoms with E-state index in [4.69, 9.17) is 9.52 Å². The van der Waals surface area contributed by atoms with Crippen LogP contribution in [0.5, 0.6) is 0 Å². The molecule has 1 atom stereocenters. The molecule has 0 spiro atoms. The van der Waals surface area contributed by atoms with E-state index in [1.165, 1.54) is 12.8 Å². The summed E-state index contributed by atoms with van der Waals surface area (Å²) in [6.07, 6.45) is 4.52. The third kappa shape index (κ3) is 1.62. The van der Waals surface area contributed by atoms with E-state index in [-0.39, 0.29) is 11.7 Å². The predicted molar refractivity (Wildman–Crippen MR) is 56.6 cm³/mol. The SMILES string of the molecule is CC(c1nc(C2CC2)c(C(=O)O)o1)C1CC1. The van der Waals surface area contributed by atoms with Gasteiger partial charge in [0, 0.05) is 11.8 Å². The molecule has 16 heavy (non-hydrogen) atoms. The normalized spacial score (nSPS) is 22.1. The summed E-state index contributed by atoms with van der Waals surface area (Å²) >= 11 is 0. The largest absolute Gasteiger partial charge is 0.475 e. The minimum atomic E-state index is -0.983. The Bertz CT molecular complexity index is 429. The van der Waals surface area contributed by atoms with E-state index in [1.807, 2.05) is 0 Å². The van der Waals surface area contributed by atoms with E-state index < -0.39 is 5.97 Å². The van der Waals surface area contributed by atoms with Gasteiger partial charge in [-0.05, 0) is 31.6 Å². The minimum Gasteiger partial charge on any atom is -0.475 e. The van der Waals surface area contributed by atoms with Crippen molar-refractivity contribution in [3.8, 4) is 0 Å². The lowest BCUT2D eigenvalue weighted by molar-refractivity contribution is 0.0658. The maximum Gasteiger partial charge on any atom is 0.373 e. The standard InChI is InChI=1S/C12H15NO3/c1-6(7-2-3-7)11-13-9(8-4-5-8)10(16-11)12(14)15/h6-8H,2-5H2,1H3,(H,14,15). The zero-order valence-electron chi connectivity index (χ0n) is 9.27. The summed E-state index contributed by atoms with van der Waals surface area (Å²) in [6, 6.07) is 0. The van der Waals surface area contributed by atoms with Crippen molar-refractivity contribution in [2.24, 2.45) is 5.92 Å². The molecule has 0 aliphatic heterocycles. The average molecular weight is 221 g/mol. The maximum absolute atomic E-state index is 11.0. The van der Waals surface area contributed by atoms with Crippen LogP contribution in [0.25, 0.3) is 0 Å². The van der Waals surface area contributed by atoms with Crippen molar-refractivity contribution in [1.82, 2.24) is 4.98 Å². The van der Waals surface area contributed by atoms with Gasteiger partial charge in [0.1, 0.15) is 0 Å². The van der Waals surface area contributed by atoms with Crippen LogP contribution in [0.2, 0.25) is 0 Å². The smallest absolute Gasteiger partial charge is 0.373 e. The van der Waals surface area contributed by atoms with Crippen molar-refractivity contribution in [3.63, 3.8) is 0 Å². The Hall–Kier alpha value is -1.32. The van der Waals surface area contributed by atoms with Gasteiger partial charge in [-0.25, -0.2) is 9.78 Å². The van der Waals surface area contributed by atoms with Crippen LogP contribution in [0.4, 0.5) is 0 Å². The van der Waals surface area contributed by atoms with E-state index in [9.17, 15) is 4.79 Å². The van der Waals surface area contributed by atoms with Gasteiger partial charge in [0.05, 0.1) is 5.69 Å². The van der Waals surface area contributed by atoms with Crippen molar-refractivity contribution in [2.75, 3.05) is 0 Å². The first-order chi connectivity index (χ1) is 7.66. The Morgan fingerprint density at radius 1 is 1.44 bits per heavy atom. The fourth-order valence-electron chi connectivity index (χ4n) is 2.13. The third-order valence-electron chi connectivity index (χ3n) is 3.55. The van der Waals surface area contributed by atoms with Crippen LogP contribution >= 0.6 is 0 Å². The summed E-state index contributed by atoms with van der Waals surface area (Å²) in [5.41, 5.74) is 0.676. The number of carboxylic acid groups (broad SMARTS) is 1. The van der Waals surface area contributed by atoms with E-state index in [2.05, 4.69) is 11.9 Å². The van der Waals surface area contributed by atoms with E-state index in [0.717, 1.165) is 12.8 Å². The fraction of sp³-hybridized carbons (Fsp3) is 0.667. The highest BCUT2D eigenvalue weighted by atomic mass is 16.4. The topological polar surface area (TPSA) is 63.3 Å². The molecule has 0 saturated heterocycles. The molecule has 86 valence electrons. The lowest BCUT2D eigenvalue weighted by atomic mass is 10.1. The van der Waals surface area contributed by atoms with Crippen molar-refractivity contribution in [2.45, 2.75) is 44.4 Å². The quantitative estimate of drug-likeness (QED) is 0.849. The molecule has 0 radical (unpaired) electrons. The molecule has 2 aliphatic rings. The second kappa shape index (κ2) is 3.34. The first kappa shape index (κ1) is 9.87. The van der Waals surface area contributed by atoms with Gasteiger partial charge in [0.15, 0.2) is 5.89 Å². The zero-order chi connectivity index (χ0) is 11.3. The van der Waals surface area contributed by atoms with Crippen LogP contribution in [0, 0.1) is 5.92 Å². The molecule has 3 rings (SSSR count). The van der Waals surface area contributed by atoms with Crippen LogP contribution in [-0.2, 0) is 0 Å². The summed E-state index contributed by atoms with van der Waals surface area (Å²) in [7, 11) is 0. The molecule has 1 aromatic heterocycles. The number of nitrogens with zero attached hydrogens (tertiary/aromatic N) is 1. The van der Waals surface area contributed by atoms with Crippen molar-refractivity contribution in [1.29, 1.82) is 0 Å². The molecular weight excluding hydrogens is 206 g/mol. The van der Waals surface area contributed by atoms with Gasteiger partial charge in [-0.15, -0.1) is 0 Å². The van der Waals surface area contributed by atoms with Crippen LogP contribution in [0.1, 0.15) is 66.6 Å². The average Bonchev–Trinajstić information content (AvgIpc) is 3.13. The molecule has 4 heteroatoms. The maximum atomic E-state index is 11.0. The Balaban J connectivity index is 1.93. The monoisotopic (exact) mass is 221 g/mol. The summed E-state index contributed by atoms with van der Waals surface area (Å²) in [5.74, 6) is 0.961. The second-order valence-electron chi connectivity index (χ2n) is 4.97. The second-order valence-corrected chi connectivity index (χ2v) is 4.97. The Labute approximate surface area is 93.7 Å². The van der Waals surface area contributed by atoms with Gasteiger partial charge in [-0.1, -0.05) is 6.92 Å². The molecule has 2 fully saturated rings.